The van der Waals surface area contributed by atoms with Crippen LogP contribution in [-0.4, -0.2) is 19.6 Å². The van der Waals surface area contributed by atoms with E-state index in [0.717, 1.165) is 5.75 Å². The van der Waals surface area contributed by atoms with Gasteiger partial charge >= 0.3 is 0 Å². The predicted octanol–water partition coefficient (Wildman–Crippen LogP) is 3.74. The Hall–Kier alpha value is -2.40. The van der Waals surface area contributed by atoms with Gasteiger partial charge in [-0.25, -0.2) is 0 Å². The molecule has 0 fully saturated rings. The monoisotopic (exact) mass is 350 g/mol. The van der Waals surface area contributed by atoms with Gasteiger partial charge in [-0.2, -0.15) is 0 Å². The zero-order valence-electron chi connectivity index (χ0n) is 13.8. The molecular formula is C18H23ClN2O3. The second-order valence-corrected chi connectivity index (χ2v) is 5.30. The van der Waals surface area contributed by atoms with Gasteiger partial charge in [-0.3, -0.25) is 4.79 Å². The fourth-order valence-electron chi connectivity index (χ4n) is 2.08. The maximum absolute atomic E-state index is 12.2. The van der Waals surface area contributed by atoms with Gasteiger partial charge in [0.05, 0.1) is 19.4 Å². The average Bonchev–Trinajstić information content (AvgIpc) is 2.56. The van der Waals surface area contributed by atoms with Crippen molar-refractivity contribution in [1.82, 2.24) is 0 Å². The van der Waals surface area contributed by atoms with Crippen LogP contribution in [0.4, 0.5) is 11.4 Å². The van der Waals surface area contributed by atoms with Crippen LogP contribution in [0.15, 0.2) is 48.5 Å². The SMILES string of the molecule is COc1ccc(NC(=O)C(C)CCOc2ccccc2)cc1N.Cl. The van der Waals surface area contributed by atoms with Crippen molar-refractivity contribution in [3.8, 4) is 11.5 Å². The Kier molecular flexibility index (Phi) is 7.92. The molecule has 0 bridgehead atoms. The molecule has 0 spiro atoms. The van der Waals surface area contributed by atoms with Crippen LogP contribution in [0.2, 0.25) is 0 Å². The largest absolute Gasteiger partial charge is 0.495 e. The number of anilines is 2. The van der Waals surface area contributed by atoms with E-state index in [-0.39, 0.29) is 24.2 Å². The molecule has 0 aliphatic rings. The number of carbonyl (C=O) groups is 1. The van der Waals surface area contributed by atoms with Crippen molar-refractivity contribution < 1.29 is 14.3 Å². The molecule has 0 saturated carbocycles. The summed E-state index contributed by atoms with van der Waals surface area (Å²) in [5.74, 6) is 1.17. The third-order valence-electron chi connectivity index (χ3n) is 3.51. The first-order chi connectivity index (χ1) is 11.1. The molecule has 0 radical (unpaired) electrons. The molecule has 1 atom stereocenters. The Labute approximate surface area is 148 Å². The first-order valence-corrected chi connectivity index (χ1v) is 7.52. The number of halogens is 1. The van der Waals surface area contributed by atoms with Crippen molar-refractivity contribution in [2.24, 2.45) is 5.92 Å². The van der Waals surface area contributed by atoms with Crippen LogP contribution in [0, 0.1) is 5.92 Å². The Bertz CT molecular complexity index is 650. The lowest BCUT2D eigenvalue weighted by Crippen LogP contribution is -2.22. The van der Waals surface area contributed by atoms with Gasteiger partial charge in [0, 0.05) is 11.6 Å². The molecule has 0 aliphatic carbocycles. The molecule has 6 heteroatoms. The molecule has 2 aromatic rings. The highest BCUT2D eigenvalue weighted by molar-refractivity contribution is 5.93. The molecule has 2 aromatic carbocycles. The van der Waals surface area contributed by atoms with E-state index >= 15 is 0 Å². The topological polar surface area (TPSA) is 73.6 Å². The molecule has 0 heterocycles. The summed E-state index contributed by atoms with van der Waals surface area (Å²) >= 11 is 0. The number of hydrogen-bond donors (Lipinski definition) is 2. The van der Waals surface area contributed by atoms with Gasteiger partial charge in [0.15, 0.2) is 0 Å². The minimum atomic E-state index is -0.165. The van der Waals surface area contributed by atoms with E-state index in [1.807, 2.05) is 37.3 Å². The number of nitrogens with one attached hydrogen (secondary N) is 1. The van der Waals surface area contributed by atoms with E-state index in [1.54, 1.807) is 25.3 Å². The quantitative estimate of drug-likeness (QED) is 0.746. The van der Waals surface area contributed by atoms with Crippen molar-refractivity contribution in [1.29, 1.82) is 0 Å². The van der Waals surface area contributed by atoms with Gasteiger partial charge in [-0.15, -0.1) is 12.4 Å². The summed E-state index contributed by atoms with van der Waals surface area (Å²) in [5, 5.41) is 2.85. The Morgan fingerprint density at radius 3 is 2.54 bits per heavy atom. The number of amides is 1. The van der Waals surface area contributed by atoms with E-state index in [9.17, 15) is 4.79 Å². The van der Waals surface area contributed by atoms with Gasteiger partial charge in [0.1, 0.15) is 11.5 Å². The van der Waals surface area contributed by atoms with Gasteiger partial charge in [-0.05, 0) is 36.8 Å². The first-order valence-electron chi connectivity index (χ1n) is 7.52. The molecule has 3 N–H and O–H groups in total. The maximum Gasteiger partial charge on any atom is 0.227 e. The predicted molar refractivity (Wildman–Crippen MR) is 99.0 cm³/mol. The number of carbonyl (C=O) groups excluding carboxylic acids is 1. The number of ether oxygens (including phenoxy) is 2. The van der Waals surface area contributed by atoms with E-state index in [4.69, 9.17) is 15.2 Å². The number of benzene rings is 2. The van der Waals surface area contributed by atoms with Crippen LogP contribution >= 0.6 is 12.4 Å². The Balaban J connectivity index is 0.00000288. The van der Waals surface area contributed by atoms with Crippen molar-refractivity contribution in [2.75, 3.05) is 24.8 Å². The van der Waals surface area contributed by atoms with Crippen LogP contribution in [0.5, 0.6) is 11.5 Å². The molecule has 0 aliphatic heterocycles. The molecule has 24 heavy (non-hydrogen) atoms. The zero-order chi connectivity index (χ0) is 16.7. The third kappa shape index (κ3) is 5.66. The molecule has 1 amide bonds. The normalized spacial score (nSPS) is 11.1. The maximum atomic E-state index is 12.2. The van der Waals surface area contributed by atoms with Crippen LogP contribution in [0.1, 0.15) is 13.3 Å². The highest BCUT2D eigenvalue weighted by atomic mass is 35.5. The molecule has 1 unspecified atom stereocenters. The van der Waals surface area contributed by atoms with Gasteiger partial charge in [-0.1, -0.05) is 25.1 Å². The molecular weight excluding hydrogens is 328 g/mol. The summed E-state index contributed by atoms with van der Waals surface area (Å²) in [5.41, 5.74) is 6.98. The number of para-hydroxylation sites is 1. The number of rotatable bonds is 7. The summed E-state index contributed by atoms with van der Waals surface area (Å²) in [6.07, 6.45) is 0.631. The summed E-state index contributed by atoms with van der Waals surface area (Å²) in [6, 6.07) is 14.7. The second kappa shape index (κ2) is 9.67. The van der Waals surface area contributed by atoms with Crippen LogP contribution in [-0.2, 0) is 4.79 Å². The Morgan fingerprint density at radius 2 is 1.92 bits per heavy atom. The zero-order valence-corrected chi connectivity index (χ0v) is 14.6. The molecule has 0 aromatic heterocycles. The van der Waals surface area contributed by atoms with Crippen LogP contribution < -0.4 is 20.5 Å². The van der Waals surface area contributed by atoms with Crippen molar-refractivity contribution >= 4 is 29.7 Å². The third-order valence-corrected chi connectivity index (χ3v) is 3.51. The fraction of sp³-hybridized carbons (Fsp3) is 0.278. The summed E-state index contributed by atoms with van der Waals surface area (Å²) in [7, 11) is 1.55. The minimum absolute atomic E-state index is 0. The number of nitrogens with two attached hydrogens (primary N) is 1. The molecule has 5 nitrogen and oxygen atoms in total. The Morgan fingerprint density at radius 1 is 1.21 bits per heavy atom. The molecule has 2 rings (SSSR count). The second-order valence-electron chi connectivity index (χ2n) is 5.30. The average molecular weight is 351 g/mol. The van der Waals surface area contributed by atoms with E-state index in [1.165, 1.54) is 0 Å². The highest BCUT2D eigenvalue weighted by Crippen LogP contribution is 2.25. The van der Waals surface area contributed by atoms with Crippen LogP contribution in [0.3, 0.4) is 0 Å². The summed E-state index contributed by atoms with van der Waals surface area (Å²) in [6.45, 7) is 2.36. The van der Waals surface area contributed by atoms with E-state index in [2.05, 4.69) is 5.32 Å². The lowest BCUT2D eigenvalue weighted by atomic mass is 10.1. The van der Waals surface area contributed by atoms with E-state index in [0.29, 0.717) is 30.2 Å². The van der Waals surface area contributed by atoms with Crippen molar-refractivity contribution in [3.63, 3.8) is 0 Å². The standard InChI is InChI=1S/C18H22N2O3.ClH/c1-13(10-11-23-15-6-4-3-5-7-15)18(21)20-14-8-9-17(22-2)16(19)12-14;/h3-9,12-13H,10-11,19H2,1-2H3,(H,20,21);1H. The van der Waals surface area contributed by atoms with Gasteiger partial charge in [0.2, 0.25) is 5.91 Å². The summed E-state index contributed by atoms with van der Waals surface area (Å²) in [4.78, 5) is 12.2. The number of methoxy groups -OCH3 is 1. The van der Waals surface area contributed by atoms with Gasteiger partial charge < -0.3 is 20.5 Å². The lowest BCUT2D eigenvalue weighted by Gasteiger charge is -2.14. The van der Waals surface area contributed by atoms with Crippen LogP contribution in [0.25, 0.3) is 0 Å². The first kappa shape index (κ1) is 19.6. The highest BCUT2D eigenvalue weighted by Gasteiger charge is 2.14. The molecule has 130 valence electrons. The number of nitrogen functional groups attached to an aromatic ring is 1. The fourth-order valence-corrected chi connectivity index (χ4v) is 2.08. The smallest absolute Gasteiger partial charge is 0.227 e. The number of hydrogen-bond acceptors (Lipinski definition) is 4. The summed E-state index contributed by atoms with van der Waals surface area (Å²) < 4.78 is 10.7. The van der Waals surface area contributed by atoms with Crippen molar-refractivity contribution in [2.45, 2.75) is 13.3 Å². The lowest BCUT2D eigenvalue weighted by molar-refractivity contribution is -0.119. The van der Waals surface area contributed by atoms with Crippen molar-refractivity contribution in [3.05, 3.63) is 48.5 Å². The van der Waals surface area contributed by atoms with E-state index < -0.39 is 0 Å². The minimum Gasteiger partial charge on any atom is -0.495 e. The molecule has 0 saturated heterocycles. The van der Waals surface area contributed by atoms with Gasteiger partial charge in [0.25, 0.3) is 0 Å².